The Balaban J connectivity index is 4.95. The molecule has 0 saturated carbocycles. The molecule has 0 fully saturated rings. The van der Waals surface area contributed by atoms with E-state index < -0.39 is 28.0 Å². The van der Waals surface area contributed by atoms with Crippen molar-refractivity contribution in [2.24, 2.45) is 0 Å². The number of nitrogens with zero attached hydrogens (tertiary/aromatic N) is 1. The Morgan fingerprint density at radius 1 is 1.29 bits per heavy atom. The quantitative estimate of drug-likeness (QED) is 0.422. The van der Waals surface area contributed by atoms with E-state index >= 15 is 0 Å². The summed E-state index contributed by atoms with van der Waals surface area (Å²) in [6, 6.07) is 0. The van der Waals surface area contributed by atoms with Crippen molar-refractivity contribution in [2.45, 2.75) is 11.4 Å². The summed E-state index contributed by atoms with van der Waals surface area (Å²) in [7, 11) is -5.22. The van der Waals surface area contributed by atoms with Gasteiger partial charge in [-0.2, -0.15) is 26.3 Å². The summed E-state index contributed by atoms with van der Waals surface area (Å²) in [5.41, 5.74) is 0. The number of halogens is 5. The molecule has 0 aromatic heterocycles. The number of hydrogen-bond acceptors (Lipinski definition) is 3. The predicted molar refractivity (Wildman–Crippen MR) is 48.7 cm³/mol. The second-order valence-electron chi connectivity index (χ2n) is 2.88. The lowest BCUT2D eigenvalue weighted by atomic mass is 10.7. The first-order valence-electron chi connectivity index (χ1n) is 4.11. The van der Waals surface area contributed by atoms with E-state index in [1.165, 1.54) is 0 Å². The highest BCUT2D eigenvalue weighted by molar-refractivity contribution is 7.90. The SMILES string of the molecule is C=COCCN(C)S(=O)(=O)C(F)(F)C(F)(F)F. The van der Waals surface area contributed by atoms with Crippen LogP contribution in [-0.2, 0) is 14.8 Å². The summed E-state index contributed by atoms with van der Waals surface area (Å²) in [4.78, 5) is 0. The zero-order valence-corrected chi connectivity index (χ0v) is 9.49. The van der Waals surface area contributed by atoms with Crippen molar-refractivity contribution in [3.05, 3.63) is 12.8 Å². The molecule has 0 aliphatic carbocycles. The van der Waals surface area contributed by atoms with Gasteiger partial charge in [-0.1, -0.05) is 6.58 Å². The topological polar surface area (TPSA) is 46.6 Å². The molecule has 17 heavy (non-hydrogen) atoms. The van der Waals surface area contributed by atoms with Gasteiger partial charge in [0.1, 0.15) is 6.61 Å². The van der Waals surface area contributed by atoms with Crippen LogP contribution in [0.15, 0.2) is 12.8 Å². The Hall–Kier alpha value is -0.900. The number of hydrogen-bond donors (Lipinski definition) is 0. The van der Waals surface area contributed by atoms with Gasteiger partial charge in [0.25, 0.3) is 10.0 Å². The number of alkyl halides is 5. The fourth-order valence-corrected chi connectivity index (χ4v) is 1.73. The highest BCUT2D eigenvalue weighted by Crippen LogP contribution is 2.40. The molecule has 102 valence electrons. The zero-order valence-electron chi connectivity index (χ0n) is 8.67. The van der Waals surface area contributed by atoms with Crippen molar-refractivity contribution in [3.8, 4) is 0 Å². The summed E-state index contributed by atoms with van der Waals surface area (Å²) in [5.74, 6) is 0. The third kappa shape index (κ3) is 3.28. The number of rotatable bonds is 6. The molecule has 0 atom stereocenters. The first-order chi connectivity index (χ1) is 7.48. The minimum Gasteiger partial charge on any atom is -0.500 e. The zero-order chi connectivity index (χ0) is 13.9. The molecule has 0 saturated heterocycles. The van der Waals surface area contributed by atoms with E-state index in [4.69, 9.17) is 0 Å². The molecule has 0 heterocycles. The Morgan fingerprint density at radius 3 is 2.12 bits per heavy atom. The molecule has 0 aromatic carbocycles. The largest absolute Gasteiger partial charge is 0.500 e. The summed E-state index contributed by atoms with van der Waals surface area (Å²) < 4.78 is 87.2. The van der Waals surface area contributed by atoms with Gasteiger partial charge >= 0.3 is 11.4 Å². The second kappa shape index (κ2) is 5.17. The molecule has 0 rings (SSSR count). The highest BCUT2D eigenvalue weighted by Gasteiger charge is 2.68. The van der Waals surface area contributed by atoms with E-state index in [9.17, 15) is 30.4 Å². The number of ether oxygens (including phenoxy) is 1. The molecule has 0 aliphatic heterocycles. The lowest BCUT2D eigenvalue weighted by molar-refractivity contribution is -0.242. The average molecular weight is 283 g/mol. The van der Waals surface area contributed by atoms with Gasteiger partial charge in [0.2, 0.25) is 0 Å². The molecular weight excluding hydrogens is 273 g/mol. The van der Waals surface area contributed by atoms with Crippen LogP contribution in [0, 0.1) is 0 Å². The fourth-order valence-electron chi connectivity index (χ4n) is 0.727. The molecule has 0 N–H and O–H groups in total. The van der Waals surface area contributed by atoms with Gasteiger partial charge < -0.3 is 4.74 Å². The lowest BCUT2D eigenvalue weighted by Gasteiger charge is -2.25. The van der Waals surface area contributed by atoms with Crippen molar-refractivity contribution in [2.75, 3.05) is 20.2 Å². The van der Waals surface area contributed by atoms with E-state index in [2.05, 4.69) is 11.3 Å². The van der Waals surface area contributed by atoms with E-state index in [0.29, 0.717) is 7.05 Å². The van der Waals surface area contributed by atoms with Gasteiger partial charge in [-0.15, -0.1) is 0 Å². The molecule has 0 spiro atoms. The minimum atomic E-state index is -6.17. The van der Waals surface area contributed by atoms with Gasteiger partial charge in [-0.3, -0.25) is 0 Å². The van der Waals surface area contributed by atoms with Crippen LogP contribution in [0.1, 0.15) is 0 Å². The van der Waals surface area contributed by atoms with Crippen LogP contribution in [0.5, 0.6) is 0 Å². The van der Waals surface area contributed by atoms with E-state index in [1.807, 2.05) is 0 Å². The van der Waals surface area contributed by atoms with Crippen LogP contribution in [0.25, 0.3) is 0 Å². The van der Waals surface area contributed by atoms with Crippen LogP contribution in [-0.4, -0.2) is 44.4 Å². The third-order valence-electron chi connectivity index (χ3n) is 1.71. The molecule has 0 amide bonds. The minimum absolute atomic E-state index is 0.121. The van der Waals surface area contributed by atoms with E-state index in [0.717, 1.165) is 6.26 Å². The highest BCUT2D eigenvalue weighted by atomic mass is 32.2. The van der Waals surface area contributed by atoms with Gasteiger partial charge in [0, 0.05) is 13.6 Å². The maximum atomic E-state index is 12.7. The Bertz CT molecular complexity index is 364. The Kier molecular flexibility index (Phi) is 4.90. The van der Waals surface area contributed by atoms with Gasteiger partial charge in [-0.05, 0) is 0 Å². The normalized spacial score (nSPS) is 13.8. The van der Waals surface area contributed by atoms with Gasteiger partial charge in [0.15, 0.2) is 0 Å². The standard InChI is InChI=1S/C7H10F5NO3S/c1-3-16-5-4-13(2)17(14,15)7(11,12)6(8,9)10/h3H,1,4-5H2,2H3. The molecular formula is C7H10F5NO3S. The lowest BCUT2D eigenvalue weighted by Crippen LogP contribution is -2.51. The van der Waals surface area contributed by atoms with Crippen LogP contribution in [0.4, 0.5) is 22.0 Å². The van der Waals surface area contributed by atoms with Crippen molar-refractivity contribution in [3.63, 3.8) is 0 Å². The molecule has 4 nitrogen and oxygen atoms in total. The number of sulfonamides is 1. The molecule has 0 aromatic rings. The second-order valence-corrected chi connectivity index (χ2v) is 4.96. The predicted octanol–water partition coefficient (Wildman–Crippen LogP) is 1.56. The maximum absolute atomic E-state index is 12.7. The van der Waals surface area contributed by atoms with Crippen molar-refractivity contribution < 1.29 is 35.1 Å². The van der Waals surface area contributed by atoms with Gasteiger partial charge in [-0.25, -0.2) is 8.42 Å². The van der Waals surface area contributed by atoms with E-state index in [-0.39, 0.29) is 10.9 Å². The molecule has 0 radical (unpaired) electrons. The molecule has 0 unspecified atom stereocenters. The summed E-state index contributed by atoms with van der Waals surface area (Å²) in [6.45, 7) is 2.05. The Morgan fingerprint density at radius 2 is 1.76 bits per heavy atom. The fraction of sp³-hybridized carbons (Fsp3) is 0.714. The summed E-state index contributed by atoms with van der Waals surface area (Å²) in [6.07, 6.45) is -5.26. The summed E-state index contributed by atoms with van der Waals surface area (Å²) in [5, 5.41) is -5.83. The first-order valence-corrected chi connectivity index (χ1v) is 5.55. The molecule has 0 aliphatic rings. The summed E-state index contributed by atoms with van der Waals surface area (Å²) >= 11 is 0. The maximum Gasteiger partial charge on any atom is 0.470 e. The van der Waals surface area contributed by atoms with Crippen molar-refractivity contribution >= 4 is 10.0 Å². The van der Waals surface area contributed by atoms with Crippen molar-refractivity contribution in [1.29, 1.82) is 0 Å². The van der Waals surface area contributed by atoms with Crippen LogP contribution < -0.4 is 0 Å². The third-order valence-corrected chi connectivity index (χ3v) is 3.59. The van der Waals surface area contributed by atoms with Gasteiger partial charge in [0.05, 0.1) is 6.26 Å². The van der Waals surface area contributed by atoms with Crippen molar-refractivity contribution in [1.82, 2.24) is 4.31 Å². The Labute approximate surface area is 94.7 Å². The smallest absolute Gasteiger partial charge is 0.470 e. The van der Waals surface area contributed by atoms with E-state index in [1.54, 1.807) is 0 Å². The van der Waals surface area contributed by atoms with Crippen LogP contribution in [0.2, 0.25) is 0 Å². The monoisotopic (exact) mass is 283 g/mol. The molecule has 10 heteroatoms. The molecule has 0 bridgehead atoms. The van der Waals surface area contributed by atoms with Crippen LogP contribution in [0.3, 0.4) is 0 Å². The van der Waals surface area contributed by atoms with Crippen LogP contribution >= 0.6 is 0 Å². The number of likely N-dealkylation sites (N-methyl/N-ethyl adjacent to an activating group) is 1. The first kappa shape index (κ1) is 16.1. The average Bonchev–Trinajstić information content (AvgIpc) is 2.15.